The Hall–Kier alpha value is -1.64. The van der Waals surface area contributed by atoms with Crippen molar-refractivity contribution in [3.8, 4) is 0 Å². The molecule has 30 heavy (non-hydrogen) atoms. The summed E-state index contributed by atoms with van der Waals surface area (Å²) in [6.45, 7) is 9.70. The molecular formula is C22H39N5O2S. The molecule has 0 radical (unpaired) electrons. The number of nitrogens with one attached hydrogen (secondary N) is 2. The van der Waals surface area contributed by atoms with Gasteiger partial charge in [0.1, 0.15) is 6.54 Å². The van der Waals surface area contributed by atoms with E-state index in [9.17, 15) is 4.79 Å². The van der Waals surface area contributed by atoms with E-state index in [1.165, 1.54) is 17.7 Å². The van der Waals surface area contributed by atoms with Crippen LogP contribution < -0.4 is 10.6 Å². The van der Waals surface area contributed by atoms with Gasteiger partial charge in [0.05, 0.1) is 6.04 Å². The summed E-state index contributed by atoms with van der Waals surface area (Å²) in [6.07, 6.45) is 3.39. The van der Waals surface area contributed by atoms with E-state index >= 15 is 0 Å². The van der Waals surface area contributed by atoms with Gasteiger partial charge in [0.25, 0.3) is 0 Å². The summed E-state index contributed by atoms with van der Waals surface area (Å²) in [6, 6.07) is 4.66. The Balaban J connectivity index is 1.99. The van der Waals surface area contributed by atoms with Crippen LogP contribution in [0.15, 0.2) is 22.5 Å². The Morgan fingerprint density at radius 3 is 2.77 bits per heavy atom. The Labute approximate surface area is 185 Å². The molecule has 7 nitrogen and oxygen atoms in total. The maximum Gasteiger partial charge on any atom is 0.243 e. The number of amides is 1. The van der Waals surface area contributed by atoms with Crippen LogP contribution in [0.4, 0.5) is 0 Å². The van der Waals surface area contributed by atoms with Gasteiger partial charge < -0.3 is 20.3 Å². The van der Waals surface area contributed by atoms with E-state index in [0.717, 1.165) is 51.7 Å². The van der Waals surface area contributed by atoms with Crippen LogP contribution in [0.25, 0.3) is 0 Å². The number of carbonyl (C=O) groups excluding carboxylic acids is 1. The predicted molar refractivity (Wildman–Crippen MR) is 125 cm³/mol. The van der Waals surface area contributed by atoms with E-state index in [0.29, 0.717) is 12.0 Å². The van der Waals surface area contributed by atoms with E-state index < -0.39 is 0 Å². The molecule has 1 saturated heterocycles. The van der Waals surface area contributed by atoms with Gasteiger partial charge in [-0.15, -0.1) is 11.3 Å². The normalized spacial score (nSPS) is 17.0. The van der Waals surface area contributed by atoms with Gasteiger partial charge in [-0.05, 0) is 56.6 Å². The number of rotatable bonds is 11. The van der Waals surface area contributed by atoms with Crippen LogP contribution in [0.5, 0.6) is 0 Å². The van der Waals surface area contributed by atoms with Crippen molar-refractivity contribution in [1.29, 1.82) is 0 Å². The molecule has 2 heterocycles. The molecule has 1 aliphatic rings. The van der Waals surface area contributed by atoms with Gasteiger partial charge >= 0.3 is 0 Å². The number of likely N-dealkylation sites (N-methyl/N-ethyl adjacent to an activating group) is 1. The molecule has 0 saturated carbocycles. The van der Waals surface area contributed by atoms with Crippen molar-refractivity contribution in [3.05, 3.63) is 22.4 Å². The number of likely N-dealkylation sites (tertiary alicyclic amines) is 1. The summed E-state index contributed by atoms with van der Waals surface area (Å²) in [5.74, 6) is 1.48. The van der Waals surface area contributed by atoms with Crippen molar-refractivity contribution < 1.29 is 9.53 Å². The van der Waals surface area contributed by atoms with Gasteiger partial charge in [0.15, 0.2) is 5.96 Å². The lowest BCUT2D eigenvalue weighted by Gasteiger charge is -2.36. The lowest BCUT2D eigenvalue weighted by atomic mass is 9.97. The molecule has 2 rings (SSSR count). The Bertz CT molecular complexity index is 627. The van der Waals surface area contributed by atoms with Crippen molar-refractivity contribution in [2.75, 3.05) is 60.0 Å². The zero-order chi connectivity index (χ0) is 21.8. The third-order valence-electron chi connectivity index (χ3n) is 5.43. The quantitative estimate of drug-likeness (QED) is 0.316. The van der Waals surface area contributed by atoms with Gasteiger partial charge in [-0.3, -0.25) is 9.69 Å². The lowest BCUT2D eigenvalue weighted by Crippen LogP contribution is -2.45. The number of thiophene rings is 1. The van der Waals surface area contributed by atoms with E-state index in [1.54, 1.807) is 30.3 Å². The zero-order valence-electron chi connectivity index (χ0n) is 19.0. The second-order valence-electron chi connectivity index (χ2n) is 8.06. The average molecular weight is 438 g/mol. The van der Waals surface area contributed by atoms with Crippen LogP contribution in [-0.2, 0) is 9.53 Å². The number of carbonyl (C=O) groups is 1. The molecule has 170 valence electrons. The van der Waals surface area contributed by atoms with E-state index in [2.05, 4.69) is 45.0 Å². The van der Waals surface area contributed by atoms with Crippen LogP contribution >= 0.6 is 11.3 Å². The summed E-state index contributed by atoms with van der Waals surface area (Å²) in [4.78, 5) is 22.0. The minimum absolute atomic E-state index is 0.00904. The number of aliphatic imine (C=N–C) groups is 1. The Morgan fingerprint density at radius 1 is 1.37 bits per heavy atom. The maximum absolute atomic E-state index is 12.0. The smallest absolute Gasteiger partial charge is 0.243 e. The third kappa shape index (κ3) is 8.62. The van der Waals surface area contributed by atoms with Gasteiger partial charge in [-0.1, -0.05) is 13.0 Å². The largest absolute Gasteiger partial charge is 0.382 e. The minimum atomic E-state index is -0.00904. The molecule has 1 aliphatic heterocycles. The summed E-state index contributed by atoms with van der Waals surface area (Å²) in [5, 5.41) is 9.00. The highest BCUT2D eigenvalue weighted by Crippen LogP contribution is 2.29. The molecule has 1 aromatic heterocycles. The second-order valence-corrected chi connectivity index (χ2v) is 9.04. The number of guanidine groups is 1. The molecular weight excluding hydrogens is 398 g/mol. The van der Waals surface area contributed by atoms with Crippen molar-refractivity contribution >= 4 is 23.2 Å². The van der Waals surface area contributed by atoms with Gasteiger partial charge in [0, 0.05) is 45.3 Å². The highest BCUT2D eigenvalue weighted by atomic mass is 32.1. The zero-order valence-corrected chi connectivity index (χ0v) is 19.8. The summed E-state index contributed by atoms with van der Waals surface area (Å²) >= 11 is 1.81. The first-order chi connectivity index (χ1) is 14.5. The monoisotopic (exact) mass is 437 g/mol. The number of nitrogens with zero attached hydrogens (tertiary/aromatic N) is 3. The summed E-state index contributed by atoms with van der Waals surface area (Å²) < 4.78 is 5.41. The van der Waals surface area contributed by atoms with Crippen LogP contribution in [-0.4, -0.2) is 81.7 Å². The van der Waals surface area contributed by atoms with Crippen LogP contribution in [0.2, 0.25) is 0 Å². The first-order valence-electron chi connectivity index (χ1n) is 11.1. The third-order valence-corrected chi connectivity index (χ3v) is 6.40. The van der Waals surface area contributed by atoms with Crippen LogP contribution in [0, 0.1) is 5.92 Å². The molecule has 1 fully saturated rings. The van der Waals surface area contributed by atoms with Gasteiger partial charge in [-0.25, -0.2) is 4.99 Å². The molecule has 0 aromatic carbocycles. The van der Waals surface area contributed by atoms with Gasteiger partial charge in [0.2, 0.25) is 5.91 Å². The maximum atomic E-state index is 12.0. The number of piperidine rings is 1. The van der Waals surface area contributed by atoms with Crippen molar-refractivity contribution in [2.45, 2.75) is 39.2 Å². The van der Waals surface area contributed by atoms with Gasteiger partial charge in [-0.2, -0.15) is 0 Å². The van der Waals surface area contributed by atoms with Crippen molar-refractivity contribution in [2.24, 2.45) is 10.9 Å². The lowest BCUT2D eigenvalue weighted by molar-refractivity contribution is -0.127. The molecule has 1 unspecified atom stereocenters. The first kappa shape index (κ1) is 24.6. The number of ether oxygens (including phenoxy) is 1. The number of hydrogen-bond donors (Lipinski definition) is 2. The fourth-order valence-electron chi connectivity index (χ4n) is 3.41. The summed E-state index contributed by atoms with van der Waals surface area (Å²) in [5.41, 5.74) is 0. The standard InChI is InChI=1S/C22H39N5O2S/c1-5-29-14-7-11-23-22(25-17-21(28)26(3)4)24-16-19(20-8-6-15-30-20)27-12-9-18(2)10-13-27/h6,8,15,18-19H,5,7,9-14,16-17H2,1-4H3,(H2,23,24,25). The van der Waals surface area contributed by atoms with Crippen molar-refractivity contribution in [3.63, 3.8) is 0 Å². The molecule has 1 atom stereocenters. The molecule has 0 aliphatic carbocycles. The molecule has 0 bridgehead atoms. The highest BCUT2D eigenvalue weighted by Gasteiger charge is 2.25. The van der Waals surface area contributed by atoms with Crippen LogP contribution in [0.3, 0.4) is 0 Å². The Kier molecular flexibility index (Phi) is 11.2. The fourth-order valence-corrected chi connectivity index (χ4v) is 4.27. The number of hydrogen-bond acceptors (Lipinski definition) is 5. The summed E-state index contributed by atoms with van der Waals surface area (Å²) in [7, 11) is 3.51. The first-order valence-corrected chi connectivity index (χ1v) is 12.0. The highest BCUT2D eigenvalue weighted by molar-refractivity contribution is 7.10. The predicted octanol–water partition coefficient (Wildman–Crippen LogP) is 2.57. The average Bonchev–Trinajstić information content (AvgIpc) is 3.26. The fraction of sp³-hybridized carbons (Fsp3) is 0.727. The van der Waals surface area contributed by atoms with E-state index in [4.69, 9.17) is 4.74 Å². The molecule has 1 amide bonds. The van der Waals surface area contributed by atoms with E-state index in [-0.39, 0.29) is 12.5 Å². The van der Waals surface area contributed by atoms with Crippen molar-refractivity contribution in [1.82, 2.24) is 20.4 Å². The molecule has 2 N–H and O–H groups in total. The molecule has 0 spiro atoms. The minimum Gasteiger partial charge on any atom is -0.382 e. The molecule has 1 aromatic rings. The SMILES string of the molecule is CCOCCCNC(=NCC(=O)N(C)C)NCC(c1cccs1)N1CCC(C)CC1. The topological polar surface area (TPSA) is 69.2 Å². The molecule has 8 heteroatoms. The second kappa shape index (κ2) is 13.6. The Morgan fingerprint density at radius 2 is 2.13 bits per heavy atom. The van der Waals surface area contributed by atoms with E-state index in [1.807, 2.05) is 6.92 Å². The van der Waals surface area contributed by atoms with Crippen LogP contribution in [0.1, 0.15) is 44.0 Å².